The molecule has 1 N–H and O–H groups in total. The molecule has 2 rings (SSSR count). The smallest absolute Gasteiger partial charge is 0.405 e. The summed E-state index contributed by atoms with van der Waals surface area (Å²) >= 11 is 0. The minimum absolute atomic E-state index is 0.121. The van der Waals surface area contributed by atoms with Gasteiger partial charge < -0.3 is 14.8 Å². The van der Waals surface area contributed by atoms with Crippen LogP contribution in [0.4, 0.5) is 13.2 Å². The number of carbonyl (C=O) groups excluding carboxylic acids is 1. The van der Waals surface area contributed by atoms with Gasteiger partial charge in [-0.1, -0.05) is 6.07 Å². The van der Waals surface area contributed by atoms with Crippen LogP contribution in [0.5, 0.6) is 11.5 Å². The molecule has 0 unspecified atom stereocenters. The number of alkyl halides is 3. The van der Waals surface area contributed by atoms with Crippen molar-refractivity contribution in [2.45, 2.75) is 12.7 Å². The number of benzene rings is 1. The molecule has 1 aliphatic rings. The van der Waals surface area contributed by atoms with Gasteiger partial charge in [-0.25, -0.2) is 0 Å². The SMILES string of the molecule is CN(CC(=O)NCC(F)(F)F)Cc1ccc2c(c1)OCCO2. The summed E-state index contributed by atoms with van der Waals surface area (Å²) in [5.74, 6) is 0.636. The number of hydrogen-bond donors (Lipinski definition) is 1. The van der Waals surface area contributed by atoms with E-state index in [1.165, 1.54) is 0 Å². The number of rotatable bonds is 5. The van der Waals surface area contributed by atoms with Gasteiger partial charge >= 0.3 is 6.18 Å². The first-order valence-corrected chi connectivity index (χ1v) is 6.74. The average Bonchev–Trinajstić information content (AvgIpc) is 2.44. The molecular formula is C14H17F3N2O3. The third-order valence-electron chi connectivity index (χ3n) is 2.96. The van der Waals surface area contributed by atoms with Crippen molar-refractivity contribution in [3.05, 3.63) is 23.8 Å². The molecule has 1 aliphatic heterocycles. The lowest BCUT2D eigenvalue weighted by Crippen LogP contribution is -2.39. The van der Waals surface area contributed by atoms with Crippen molar-refractivity contribution in [3.8, 4) is 11.5 Å². The molecule has 0 radical (unpaired) electrons. The highest BCUT2D eigenvalue weighted by Gasteiger charge is 2.27. The molecule has 5 nitrogen and oxygen atoms in total. The zero-order valence-electron chi connectivity index (χ0n) is 12.1. The Morgan fingerprint density at radius 2 is 1.95 bits per heavy atom. The van der Waals surface area contributed by atoms with E-state index < -0.39 is 18.6 Å². The summed E-state index contributed by atoms with van der Waals surface area (Å²) in [4.78, 5) is 13.0. The van der Waals surface area contributed by atoms with E-state index in [4.69, 9.17) is 9.47 Å². The largest absolute Gasteiger partial charge is 0.486 e. The lowest BCUT2D eigenvalue weighted by Gasteiger charge is -2.21. The molecular weight excluding hydrogens is 301 g/mol. The number of ether oxygens (including phenoxy) is 2. The van der Waals surface area contributed by atoms with Crippen LogP contribution >= 0.6 is 0 Å². The van der Waals surface area contributed by atoms with E-state index >= 15 is 0 Å². The molecule has 8 heteroatoms. The van der Waals surface area contributed by atoms with E-state index in [0.717, 1.165) is 5.56 Å². The monoisotopic (exact) mass is 318 g/mol. The standard InChI is InChI=1S/C14H17F3N2O3/c1-19(8-13(20)18-9-14(15,16)17)7-10-2-3-11-12(6-10)22-5-4-21-11/h2-3,6H,4-5,7-9H2,1H3,(H,18,20). The molecule has 1 aromatic carbocycles. The first-order chi connectivity index (χ1) is 10.3. The molecule has 0 aromatic heterocycles. The second-order valence-corrected chi connectivity index (χ2v) is 5.04. The highest BCUT2D eigenvalue weighted by atomic mass is 19.4. The Hall–Kier alpha value is -1.96. The Morgan fingerprint density at radius 3 is 2.64 bits per heavy atom. The van der Waals surface area contributed by atoms with E-state index in [2.05, 4.69) is 0 Å². The summed E-state index contributed by atoms with van der Waals surface area (Å²) in [6, 6.07) is 5.41. The number of likely N-dealkylation sites (N-methyl/N-ethyl adjacent to an activating group) is 1. The average molecular weight is 318 g/mol. The molecule has 0 aliphatic carbocycles. The summed E-state index contributed by atoms with van der Waals surface area (Å²) in [5, 5.41) is 1.84. The van der Waals surface area contributed by atoms with Crippen LogP contribution in [0.3, 0.4) is 0 Å². The van der Waals surface area contributed by atoms with Crippen LogP contribution in [0, 0.1) is 0 Å². The Labute approximate surface area is 126 Å². The van der Waals surface area contributed by atoms with Crippen molar-refractivity contribution in [1.29, 1.82) is 0 Å². The van der Waals surface area contributed by atoms with Gasteiger partial charge in [-0.3, -0.25) is 9.69 Å². The number of amides is 1. The van der Waals surface area contributed by atoms with Crippen LogP contribution < -0.4 is 14.8 Å². The van der Waals surface area contributed by atoms with Crippen molar-refractivity contribution < 1.29 is 27.4 Å². The molecule has 0 fully saturated rings. The zero-order valence-corrected chi connectivity index (χ0v) is 12.1. The third-order valence-corrected chi connectivity index (χ3v) is 2.96. The number of halogens is 3. The summed E-state index contributed by atoms with van der Waals surface area (Å²) < 4.78 is 46.9. The summed E-state index contributed by atoms with van der Waals surface area (Å²) in [6.45, 7) is -0.0396. The Morgan fingerprint density at radius 1 is 1.27 bits per heavy atom. The Bertz CT molecular complexity index is 535. The highest BCUT2D eigenvalue weighted by molar-refractivity contribution is 5.78. The normalized spacial score (nSPS) is 14.0. The zero-order chi connectivity index (χ0) is 16.2. The van der Waals surface area contributed by atoms with Gasteiger partial charge in [0.1, 0.15) is 19.8 Å². The maximum Gasteiger partial charge on any atom is 0.405 e. The van der Waals surface area contributed by atoms with Crippen molar-refractivity contribution in [3.63, 3.8) is 0 Å². The van der Waals surface area contributed by atoms with Gasteiger partial charge in [0.15, 0.2) is 11.5 Å². The van der Waals surface area contributed by atoms with Gasteiger partial charge in [0.05, 0.1) is 6.54 Å². The lowest BCUT2D eigenvalue weighted by molar-refractivity contribution is -0.138. The topological polar surface area (TPSA) is 50.8 Å². The second kappa shape index (κ2) is 6.87. The molecule has 1 aromatic rings. The van der Waals surface area contributed by atoms with Gasteiger partial charge in [-0.2, -0.15) is 13.2 Å². The number of carbonyl (C=O) groups is 1. The molecule has 22 heavy (non-hydrogen) atoms. The Balaban J connectivity index is 1.84. The van der Waals surface area contributed by atoms with Crippen LogP contribution in [0.15, 0.2) is 18.2 Å². The molecule has 0 saturated heterocycles. The van der Waals surface area contributed by atoms with E-state index in [0.29, 0.717) is 31.3 Å². The predicted molar refractivity (Wildman–Crippen MR) is 72.8 cm³/mol. The molecule has 1 amide bonds. The number of nitrogens with one attached hydrogen (secondary N) is 1. The van der Waals surface area contributed by atoms with E-state index in [-0.39, 0.29) is 6.54 Å². The molecule has 0 spiro atoms. The van der Waals surface area contributed by atoms with Crippen LogP contribution in [0.25, 0.3) is 0 Å². The molecule has 1 heterocycles. The number of fused-ring (bicyclic) bond motifs is 1. The van der Waals surface area contributed by atoms with Gasteiger partial charge in [0, 0.05) is 6.54 Å². The fourth-order valence-corrected chi connectivity index (χ4v) is 2.05. The van der Waals surface area contributed by atoms with Crippen molar-refractivity contribution in [1.82, 2.24) is 10.2 Å². The highest BCUT2D eigenvalue weighted by Crippen LogP contribution is 2.30. The lowest BCUT2D eigenvalue weighted by atomic mass is 10.2. The fourth-order valence-electron chi connectivity index (χ4n) is 2.05. The quantitative estimate of drug-likeness (QED) is 0.895. The minimum Gasteiger partial charge on any atom is -0.486 e. The molecule has 0 bridgehead atoms. The fraction of sp³-hybridized carbons (Fsp3) is 0.500. The van der Waals surface area contributed by atoms with E-state index in [1.807, 2.05) is 11.4 Å². The van der Waals surface area contributed by atoms with Gasteiger partial charge in [-0.05, 0) is 24.7 Å². The maximum atomic E-state index is 12.0. The van der Waals surface area contributed by atoms with Gasteiger partial charge in [-0.15, -0.1) is 0 Å². The van der Waals surface area contributed by atoms with Crippen LogP contribution in [-0.4, -0.2) is 50.3 Å². The predicted octanol–water partition coefficient (Wildman–Crippen LogP) is 1.57. The van der Waals surface area contributed by atoms with Crippen LogP contribution in [-0.2, 0) is 11.3 Å². The number of hydrogen-bond acceptors (Lipinski definition) is 4. The summed E-state index contributed by atoms with van der Waals surface area (Å²) in [6.07, 6.45) is -4.40. The summed E-state index contributed by atoms with van der Waals surface area (Å²) in [7, 11) is 1.66. The van der Waals surface area contributed by atoms with E-state index in [9.17, 15) is 18.0 Å². The van der Waals surface area contributed by atoms with Crippen LogP contribution in [0.2, 0.25) is 0 Å². The number of nitrogens with zero attached hydrogens (tertiary/aromatic N) is 1. The molecule has 122 valence electrons. The van der Waals surface area contributed by atoms with Crippen molar-refractivity contribution in [2.24, 2.45) is 0 Å². The van der Waals surface area contributed by atoms with Crippen LogP contribution in [0.1, 0.15) is 5.56 Å². The van der Waals surface area contributed by atoms with Gasteiger partial charge in [0.2, 0.25) is 5.91 Å². The van der Waals surface area contributed by atoms with Crippen molar-refractivity contribution in [2.75, 3.05) is 33.4 Å². The first-order valence-electron chi connectivity index (χ1n) is 6.74. The second-order valence-electron chi connectivity index (χ2n) is 5.04. The third kappa shape index (κ3) is 5.10. The van der Waals surface area contributed by atoms with Crippen molar-refractivity contribution >= 4 is 5.91 Å². The summed E-state index contributed by atoms with van der Waals surface area (Å²) in [5.41, 5.74) is 0.885. The molecule has 0 saturated carbocycles. The van der Waals surface area contributed by atoms with Gasteiger partial charge in [0.25, 0.3) is 0 Å². The molecule has 0 atom stereocenters. The minimum atomic E-state index is -4.40. The maximum absolute atomic E-state index is 12.0. The Kier molecular flexibility index (Phi) is 5.12. The first kappa shape index (κ1) is 16.4. The van der Waals surface area contributed by atoms with E-state index in [1.54, 1.807) is 24.1 Å².